The predicted octanol–water partition coefficient (Wildman–Crippen LogP) is 1.49. The second kappa shape index (κ2) is 4.57. The van der Waals surface area contributed by atoms with Gasteiger partial charge in [0, 0.05) is 12.8 Å². The second-order valence-corrected chi connectivity index (χ2v) is 4.33. The number of amides is 2. The van der Waals surface area contributed by atoms with Crippen LogP contribution >= 0.6 is 0 Å². The summed E-state index contributed by atoms with van der Waals surface area (Å²) in [4.78, 5) is 22.5. The molecule has 2 amide bonds. The van der Waals surface area contributed by atoms with Crippen LogP contribution in [0.1, 0.15) is 24.0 Å². The first-order chi connectivity index (χ1) is 8.06. The molecule has 1 atom stereocenters. The van der Waals surface area contributed by atoms with Gasteiger partial charge < -0.3 is 4.74 Å². The smallest absolute Gasteiger partial charge is 0.267 e. The number of aryl methyl sites for hydroxylation is 2. The van der Waals surface area contributed by atoms with Gasteiger partial charge in [-0.3, -0.25) is 14.9 Å². The first-order valence-corrected chi connectivity index (χ1v) is 5.64. The van der Waals surface area contributed by atoms with E-state index in [1.165, 1.54) is 0 Å². The minimum absolute atomic E-state index is 0.226. The highest BCUT2D eigenvalue weighted by molar-refractivity contribution is 5.99. The lowest BCUT2D eigenvalue weighted by molar-refractivity contribution is -0.138. The summed E-state index contributed by atoms with van der Waals surface area (Å²) in [6.07, 6.45) is 0.216. The van der Waals surface area contributed by atoms with E-state index >= 15 is 0 Å². The van der Waals surface area contributed by atoms with Gasteiger partial charge in [0.15, 0.2) is 6.10 Å². The Bertz CT molecular complexity index is 468. The maximum absolute atomic E-state index is 11.5. The Balaban J connectivity index is 2.10. The first-order valence-electron chi connectivity index (χ1n) is 5.64. The molecule has 1 aromatic carbocycles. The summed E-state index contributed by atoms with van der Waals surface area (Å²) < 4.78 is 5.64. The summed E-state index contributed by atoms with van der Waals surface area (Å²) in [5.41, 5.74) is 2.15. The van der Waals surface area contributed by atoms with Crippen LogP contribution in [0.15, 0.2) is 18.2 Å². The average molecular weight is 233 g/mol. The fourth-order valence-electron chi connectivity index (χ4n) is 1.87. The molecule has 90 valence electrons. The zero-order valence-corrected chi connectivity index (χ0v) is 9.95. The van der Waals surface area contributed by atoms with Crippen molar-refractivity contribution in [2.24, 2.45) is 0 Å². The van der Waals surface area contributed by atoms with E-state index in [9.17, 15) is 9.59 Å². The number of hydrogen-bond acceptors (Lipinski definition) is 3. The average Bonchev–Trinajstić information content (AvgIpc) is 2.25. The highest BCUT2D eigenvalue weighted by atomic mass is 16.5. The molecule has 0 radical (unpaired) electrons. The zero-order chi connectivity index (χ0) is 12.4. The molecule has 1 unspecified atom stereocenters. The number of benzene rings is 1. The maximum Gasteiger partial charge on any atom is 0.267 e. The third kappa shape index (κ3) is 2.64. The number of carbonyl (C=O) groups is 2. The van der Waals surface area contributed by atoms with Crippen molar-refractivity contribution in [2.75, 3.05) is 0 Å². The van der Waals surface area contributed by atoms with Crippen LogP contribution in [0.2, 0.25) is 0 Å². The molecule has 1 saturated heterocycles. The number of carbonyl (C=O) groups excluding carboxylic acids is 2. The summed E-state index contributed by atoms with van der Waals surface area (Å²) >= 11 is 0. The Morgan fingerprint density at radius 1 is 1.29 bits per heavy atom. The van der Waals surface area contributed by atoms with Crippen molar-refractivity contribution < 1.29 is 14.3 Å². The van der Waals surface area contributed by atoms with Crippen molar-refractivity contribution in [3.8, 4) is 5.75 Å². The lowest BCUT2D eigenvalue weighted by Gasteiger charge is -2.22. The third-order valence-electron chi connectivity index (χ3n) is 2.79. The summed E-state index contributed by atoms with van der Waals surface area (Å²) in [5, 5.41) is 2.28. The Hall–Kier alpha value is -1.84. The van der Waals surface area contributed by atoms with Gasteiger partial charge in [0.25, 0.3) is 5.91 Å². The molecule has 1 N–H and O–H groups in total. The largest absolute Gasteiger partial charge is 0.480 e. The zero-order valence-electron chi connectivity index (χ0n) is 9.95. The number of imide groups is 1. The van der Waals surface area contributed by atoms with Gasteiger partial charge in [-0.1, -0.05) is 17.7 Å². The summed E-state index contributed by atoms with van der Waals surface area (Å²) in [6.45, 7) is 3.94. The lowest BCUT2D eigenvalue weighted by Crippen LogP contribution is -2.46. The van der Waals surface area contributed by atoms with Gasteiger partial charge >= 0.3 is 0 Å². The Kier molecular flexibility index (Phi) is 3.13. The molecule has 0 bridgehead atoms. The Labute approximate surface area is 100.0 Å². The van der Waals surface area contributed by atoms with E-state index in [4.69, 9.17) is 4.74 Å². The number of rotatable bonds is 2. The molecule has 4 nitrogen and oxygen atoms in total. The van der Waals surface area contributed by atoms with Crippen molar-refractivity contribution in [1.29, 1.82) is 0 Å². The van der Waals surface area contributed by atoms with Gasteiger partial charge in [0.05, 0.1) is 0 Å². The second-order valence-electron chi connectivity index (χ2n) is 4.33. The summed E-state index contributed by atoms with van der Waals surface area (Å²) in [5.74, 6) is 0.127. The summed E-state index contributed by atoms with van der Waals surface area (Å²) in [6, 6.07) is 5.80. The van der Waals surface area contributed by atoms with Crippen LogP contribution < -0.4 is 10.1 Å². The molecule has 1 aliphatic rings. The van der Waals surface area contributed by atoms with E-state index in [1.54, 1.807) is 0 Å². The normalized spacial score (nSPS) is 20.0. The molecule has 1 aliphatic heterocycles. The SMILES string of the molecule is Cc1ccc(OC2CCC(=O)NC2=O)c(C)c1. The molecule has 4 heteroatoms. The van der Waals surface area contributed by atoms with Crippen LogP contribution in [-0.4, -0.2) is 17.9 Å². The van der Waals surface area contributed by atoms with Gasteiger partial charge in [0.1, 0.15) is 5.75 Å². The highest BCUT2D eigenvalue weighted by Crippen LogP contribution is 2.22. The van der Waals surface area contributed by atoms with Crippen LogP contribution in [0.5, 0.6) is 5.75 Å². The standard InChI is InChI=1S/C13H15NO3/c1-8-3-4-10(9(2)7-8)17-11-5-6-12(15)14-13(11)16/h3-4,7,11H,5-6H2,1-2H3,(H,14,15,16). The van der Waals surface area contributed by atoms with Crippen molar-refractivity contribution in [1.82, 2.24) is 5.32 Å². The van der Waals surface area contributed by atoms with Crippen LogP contribution in [0.3, 0.4) is 0 Å². The van der Waals surface area contributed by atoms with Gasteiger partial charge in [-0.25, -0.2) is 0 Å². The molecule has 0 saturated carbocycles. The molecular formula is C13H15NO3. The van der Waals surface area contributed by atoms with E-state index in [0.29, 0.717) is 18.6 Å². The summed E-state index contributed by atoms with van der Waals surface area (Å²) in [7, 11) is 0. The molecular weight excluding hydrogens is 218 g/mol. The quantitative estimate of drug-likeness (QED) is 0.787. The topological polar surface area (TPSA) is 55.4 Å². The van der Waals surface area contributed by atoms with Crippen molar-refractivity contribution in [3.63, 3.8) is 0 Å². The monoisotopic (exact) mass is 233 g/mol. The molecule has 1 fully saturated rings. The van der Waals surface area contributed by atoms with Crippen molar-refractivity contribution >= 4 is 11.8 Å². The van der Waals surface area contributed by atoms with Gasteiger partial charge in [-0.2, -0.15) is 0 Å². The third-order valence-corrected chi connectivity index (χ3v) is 2.79. The lowest BCUT2D eigenvalue weighted by atomic mass is 10.1. The number of piperidine rings is 1. The molecule has 1 heterocycles. The molecule has 1 aromatic rings. The fraction of sp³-hybridized carbons (Fsp3) is 0.385. The first kappa shape index (κ1) is 11.6. The molecule has 0 aliphatic carbocycles. The Morgan fingerprint density at radius 3 is 2.71 bits per heavy atom. The van der Waals surface area contributed by atoms with Gasteiger partial charge in [-0.15, -0.1) is 0 Å². The highest BCUT2D eigenvalue weighted by Gasteiger charge is 2.28. The fourth-order valence-corrected chi connectivity index (χ4v) is 1.87. The molecule has 2 rings (SSSR count). The van der Waals surface area contributed by atoms with Crippen LogP contribution in [0.4, 0.5) is 0 Å². The van der Waals surface area contributed by atoms with Crippen LogP contribution in [0, 0.1) is 13.8 Å². The predicted molar refractivity (Wildman–Crippen MR) is 62.7 cm³/mol. The maximum atomic E-state index is 11.5. The van der Waals surface area contributed by atoms with Crippen LogP contribution in [0.25, 0.3) is 0 Å². The van der Waals surface area contributed by atoms with E-state index in [1.807, 2.05) is 32.0 Å². The van der Waals surface area contributed by atoms with E-state index in [0.717, 1.165) is 11.1 Å². The van der Waals surface area contributed by atoms with Crippen molar-refractivity contribution in [2.45, 2.75) is 32.8 Å². The van der Waals surface area contributed by atoms with Crippen molar-refractivity contribution in [3.05, 3.63) is 29.3 Å². The molecule has 17 heavy (non-hydrogen) atoms. The van der Waals surface area contributed by atoms with E-state index in [-0.39, 0.29) is 11.8 Å². The minimum atomic E-state index is -0.561. The van der Waals surface area contributed by atoms with Crippen LogP contribution in [-0.2, 0) is 9.59 Å². The molecule has 0 spiro atoms. The minimum Gasteiger partial charge on any atom is -0.480 e. The van der Waals surface area contributed by atoms with Gasteiger partial charge in [0.2, 0.25) is 5.91 Å². The van der Waals surface area contributed by atoms with E-state index in [2.05, 4.69) is 5.32 Å². The number of ether oxygens (including phenoxy) is 1. The van der Waals surface area contributed by atoms with Gasteiger partial charge in [-0.05, 0) is 25.5 Å². The molecule has 0 aromatic heterocycles. The van der Waals surface area contributed by atoms with E-state index < -0.39 is 6.10 Å². The Morgan fingerprint density at radius 2 is 2.06 bits per heavy atom. The number of nitrogens with one attached hydrogen (secondary N) is 1. The number of hydrogen-bond donors (Lipinski definition) is 1.